The second-order valence-corrected chi connectivity index (χ2v) is 21.4. The predicted octanol–water partition coefficient (Wildman–Crippen LogP) is 9.01. The summed E-state index contributed by atoms with van der Waals surface area (Å²) in [5.41, 5.74) is 3.73. The molecule has 1 saturated heterocycles. The maximum absolute atomic E-state index is 13.4. The van der Waals surface area contributed by atoms with E-state index in [1.807, 2.05) is 25.7 Å². The van der Waals surface area contributed by atoms with Crippen molar-refractivity contribution in [1.29, 1.82) is 0 Å². The standard InChI is InChI=1S/C37H65N2O4Si/c1-25(2)44(35(7,8)9)43-31-19-20-37(12)29-16-13-26(3)27(28(29)14-17-30(37)36(31,10)11)15-18-32(40)38-21-23-39(24-22-38)33(41)42-34(4,5)6/h25,28-31H,13-24H2,1-12H3/t28?,29-,30?,31?,37+/m0/s1. The first kappa shape index (κ1) is 35.5. The van der Waals surface area contributed by atoms with E-state index in [9.17, 15) is 9.59 Å². The van der Waals surface area contributed by atoms with E-state index in [4.69, 9.17) is 9.16 Å². The van der Waals surface area contributed by atoms with Crippen LogP contribution in [0.25, 0.3) is 0 Å². The van der Waals surface area contributed by atoms with Crippen molar-refractivity contribution in [2.24, 2.45) is 28.6 Å². The first-order valence-electron chi connectivity index (χ1n) is 17.7. The second-order valence-electron chi connectivity index (χ2n) is 17.8. The fraction of sp³-hybridized carbons (Fsp3) is 0.892. The summed E-state index contributed by atoms with van der Waals surface area (Å²) < 4.78 is 12.7. The maximum atomic E-state index is 13.4. The zero-order chi connectivity index (χ0) is 32.8. The zero-order valence-corrected chi connectivity index (χ0v) is 31.4. The summed E-state index contributed by atoms with van der Waals surface area (Å²) in [6, 6.07) is 0. The molecule has 0 aromatic rings. The van der Waals surface area contributed by atoms with Crippen LogP contribution in [-0.2, 0) is 14.0 Å². The van der Waals surface area contributed by atoms with Crippen LogP contribution in [0.2, 0.25) is 10.6 Å². The minimum absolute atomic E-state index is 0.168. The Bertz CT molecular complexity index is 1080. The van der Waals surface area contributed by atoms with Crippen molar-refractivity contribution in [3.8, 4) is 0 Å². The number of nitrogens with zero attached hydrogens (tertiary/aromatic N) is 2. The van der Waals surface area contributed by atoms with Crippen LogP contribution in [0, 0.1) is 28.6 Å². The lowest BCUT2D eigenvalue weighted by atomic mass is 9.43. The highest BCUT2D eigenvalue weighted by atomic mass is 28.3. The van der Waals surface area contributed by atoms with Gasteiger partial charge in [-0.1, -0.05) is 66.5 Å². The van der Waals surface area contributed by atoms with Crippen molar-refractivity contribution < 1.29 is 18.8 Å². The molecule has 0 aromatic carbocycles. The lowest BCUT2D eigenvalue weighted by Crippen LogP contribution is -2.58. The molecule has 1 aliphatic heterocycles. The monoisotopic (exact) mass is 629 g/mol. The van der Waals surface area contributed by atoms with Crippen LogP contribution in [0.4, 0.5) is 4.79 Å². The Labute approximate surface area is 271 Å². The van der Waals surface area contributed by atoms with Crippen LogP contribution >= 0.6 is 0 Å². The Morgan fingerprint density at radius 3 is 2.11 bits per heavy atom. The van der Waals surface area contributed by atoms with E-state index in [0.29, 0.717) is 67.4 Å². The van der Waals surface area contributed by atoms with Crippen LogP contribution in [0.5, 0.6) is 0 Å². The number of amides is 2. The Hall–Kier alpha value is -1.34. The predicted molar refractivity (Wildman–Crippen MR) is 182 cm³/mol. The average molecular weight is 630 g/mol. The van der Waals surface area contributed by atoms with E-state index >= 15 is 0 Å². The number of hydrogen-bond acceptors (Lipinski definition) is 4. The maximum Gasteiger partial charge on any atom is 0.410 e. The van der Waals surface area contributed by atoms with Crippen molar-refractivity contribution in [2.75, 3.05) is 26.2 Å². The van der Waals surface area contributed by atoms with Crippen molar-refractivity contribution in [1.82, 2.24) is 9.80 Å². The van der Waals surface area contributed by atoms with Gasteiger partial charge >= 0.3 is 6.09 Å². The van der Waals surface area contributed by atoms with Crippen molar-refractivity contribution >= 4 is 21.0 Å². The van der Waals surface area contributed by atoms with Gasteiger partial charge in [-0.15, -0.1) is 0 Å². The molecule has 4 aliphatic rings. The molecule has 44 heavy (non-hydrogen) atoms. The van der Waals surface area contributed by atoms with Crippen LogP contribution in [0.15, 0.2) is 11.1 Å². The van der Waals surface area contributed by atoms with Gasteiger partial charge in [0.1, 0.15) is 5.60 Å². The molecule has 1 heterocycles. The molecule has 0 bridgehead atoms. The van der Waals surface area contributed by atoms with Gasteiger partial charge in [-0.2, -0.15) is 0 Å². The molecule has 2 amide bonds. The third kappa shape index (κ3) is 7.45. The molecule has 4 rings (SSSR count). The number of carbonyl (C=O) groups is 2. The third-order valence-corrected chi connectivity index (χ3v) is 14.9. The summed E-state index contributed by atoms with van der Waals surface area (Å²) >= 11 is 0. The molecule has 3 fully saturated rings. The number of carbonyl (C=O) groups excluding carboxylic acids is 2. The van der Waals surface area contributed by atoms with Crippen molar-refractivity contribution in [2.45, 2.75) is 157 Å². The first-order chi connectivity index (χ1) is 20.3. The van der Waals surface area contributed by atoms with Crippen molar-refractivity contribution in [3.05, 3.63) is 11.1 Å². The number of piperazine rings is 1. The topological polar surface area (TPSA) is 59.1 Å². The Morgan fingerprint density at radius 2 is 1.55 bits per heavy atom. The molecule has 6 nitrogen and oxygen atoms in total. The van der Waals surface area contributed by atoms with Gasteiger partial charge in [-0.05, 0) is 112 Å². The Morgan fingerprint density at radius 1 is 0.932 bits per heavy atom. The largest absolute Gasteiger partial charge is 0.444 e. The van der Waals surface area contributed by atoms with E-state index in [2.05, 4.69) is 62.3 Å². The van der Waals surface area contributed by atoms with Gasteiger partial charge in [0.25, 0.3) is 0 Å². The van der Waals surface area contributed by atoms with E-state index in [-0.39, 0.29) is 22.5 Å². The minimum atomic E-state index is -0.950. The highest BCUT2D eigenvalue weighted by molar-refractivity contribution is 6.56. The molecular formula is C37H65N2O4Si. The van der Waals surface area contributed by atoms with Gasteiger partial charge in [0.05, 0.1) is 6.10 Å². The first-order valence-corrected chi connectivity index (χ1v) is 19.2. The molecule has 0 N–H and O–H groups in total. The number of rotatable bonds is 6. The van der Waals surface area contributed by atoms with Crippen LogP contribution < -0.4 is 0 Å². The summed E-state index contributed by atoms with van der Waals surface area (Å²) in [5.74, 6) is 2.22. The van der Waals surface area contributed by atoms with Crippen LogP contribution in [0.3, 0.4) is 0 Å². The highest BCUT2D eigenvalue weighted by Gasteiger charge is 2.59. The average Bonchev–Trinajstić information content (AvgIpc) is 2.89. The summed E-state index contributed by atoms with van der Waals surface area (Å²) in [6.07, 6.45) is 8.95. The van der Waals surface area contributed by atoms with E-state index in [1.165, 1.54) is 38.5 Å². The van der Waals surface area contributed by atoms with E-state index in [0.717, 1.165) is 6.42 Å². The molecule has 3 unspecified atom stereocenters. The second kappa shape index (κ2) is 13.0. The molecule has 1 radical (unpaired) electrons. The van der Waals surface area contributed by atoms with E-state index in [1.54, 1.807) is 16.0 Å². The number of allylic oxidation sites excluding steroid dienone is 2. The smallest absolute Gasteiger partial charge is 0.410 e. The Balaban J connectivity index is 1.39. The lowest BCUT2D eigenvalue weighted by Gasteiger charge is -2.63. The minimum Gasteiger partial charge on any atom is -0.444 e. The normalized spacial score (nSPS) is 31.2. The summed E-state index contributed by atoms with van der Waals surface area (Å²) in [5, 5.41) is 0.233. The fourth-order valence-corrected chi connectivity index (χ4v) is 12.9. The third-order valence-electron chi connectivity index (χ3n) is 11.8. The number of hydrogen-bond donors (Lipinski definition) is 0. The molecule has 3 aliphatic carbocycles. The fourth-order valence-electron chi connectivity index (χ4n) is 9.82. The molecule has 2 saturated carbocycles. The molecule has 5 atom stereocenters. The summed E-state index contributed by atoms with van der Waals surface area (Å²) in [6.45, 7) is 29.8. The quantitative estimate of drug-likeness (QED) is 0.217. The van der Waals surface area contributed by atoms with Crippen LogP contribution in [-0.4, -0.2) is 68.7 Å². The molecule has 0 spiro atoms. The number of fused-ring (bicyclic) bond motifs is 3. The number of ether oxygens (including phenoxy) is 1. The highest BCUT2D eigenvalue weighted by Crippen LogP contribution is 2.65. The van der Waals surface area contributed by atoms with Gasteiger partial charge in [0.15, 0.2) is 0 Å². The lowest BCUT2D eigenvalue weighted by molar-refractivity contribution is -0.144. The molecule has 7 heteroatoms. The summed E-state index contributed by atoms with van der Waals surface area (Å²) in [7, 11) is -0.950. The molecule has 0 aromatic heterocycles. The van der Waals surface area contributed by atoms with Gasteiger partial charge in [0, 0.05) is 32.6 Å². The van der Waals surface area contributed by atoms with E-state index < -0.39 is 14.6 Å². The summed E-state index contributed by atoms with van der Waals surface area (Å²) in [4.78, 5) is 29.6. The van der Waals surface area contributed by atoms with Gasteiger partial charge in [0.2, 0.25) is 14.9 Å². The SMILES string of the molecule is CC1=C(CCC(=O)N2CCN(C(=O)OC(C)(C)C)CC2)C2CCC3C(C)(C)C(O[Si](C(C)C)C(C)(C)C)CC[C@]3(C)[C@H]2CC1. The van der Waals surface area contributed by atoms with Crippen LogP contribution in [0.1, 0.15) is 134 Å². The Kier molecular flexibility index (Phi) is 10.5. The van der Waals surface area contributed by atoms with Gasteiger partial charge < -0.3 is 19.0 Å². The zero-order valence-electron chi connectivity index (χ0n) is 30.4. The molecule has 251 valence electrons. The van der Waals surface area contributed by atoms with Crippen molar-refractivity contribution in [3.63, 3.8) is 0 Å². The molecular weight excluding hydrogens is 565 g/mol. The van der Waals surface area contributed by atoms with Gasteiger partial charge in [-0.25, -0.2) is 4.79 Å². The van der Waals surface area contributed by atoms with Gasteiger partial charge in [-0.3, -0.25) is 4.79 Å².